The number of nitrogens with zero attached hydrogens (tertiary/aromatic N) is 1. The molecule has 3 unspecified atom stereocenters. The molecule has 3 atom stereocenters. The third kappa shape index (κ3) is 3.89. The van der Waals surface area contributed by atoms with Gasteiger partial charge in [-0.05, 0) is 34.5 Å². The first kappa shape index (κ1) is 20.2. The summed E-state index contributed by atoms with van der Waals surface area (Å²) in [7, 11) is 3.37. The lowest BCUT2D eigenvalue weighted by atomic mass is 9.83. The third-order valence-electron chi connectivity index (χ3n) is 5.67. The van der Waals surface area contributed by atoms with E-state index < -0.39 is 0 Å². The van der Waals surface area contributed by atoms with E-state index in [1.807, 2.05) is 16.7 Å². The van der Waals surface area contributed by atoms with Crippen LogP contribution in [-0.2, 0) is 13.1 Å². The first-order chi connectivity index (χ1) is 12.6. The number of pyridine rings is 1. The van der Waals surface area contributed by atoms with E-state index in [9.17, 15) is 4.79 Å². The summed E-state index contributed by atoms with van der Waals surface area (Å²) in [6.07, 6.45) is 1.19. The van der Waals surface area contributed by atoms with Crippen LogP contribution in [0.1, 0.15) is 23.6 Å². The van der Waals surface area contributed by atoms with Gasteiger partial charge in [0.05, 0.1) is 31.8 Å². The summed E-state index contributed by atoms with van der Waals surface area (Å²) in [4.78, 5) is 13.7. The van der Waals surface area contributed by atoms with Gasteiger partial charge in [-0.3, -0.25) is 4.79 Å². The number of benzene rings is 1. The van der Waals surface area contributed by atoms with Gasteiger partial charge < -0.3 is 31.3 Å². The predicted molar refractivity (Wildman–Crippen MR) is 103 cm³/mol. The van der Waals surface area contributed by atoms with Gasteiger partial charge in [0.2, 0.25) is 0 Å². The molecule has 2 aliphatic heterocycles. The van der Waals surface area contributed by atoms with E-state index in [0.29, 0.717) is 11.8 Å². The highest BCUT2D eigenvalue weighted by atomic mass is 79.9. The fourth-order valence-corrected chi connectivity index (χ4v) is 5.15. The number of nitrogens with one attached hydrogen (secondary N) is 1. The molecule has 0 amide bonds. The van der Waals surface area contributed by atoms with E-state index >= 15 is 0 Å². The van der Waals surface area contributed by atoms with Crippen molar-refractivity contribution in [2.24, 2.45) is 5.92 Å². The molecule has 2 aromatic rings. The summed E-state index contributed by atoms with van der Waals surface area (Å²) in [6.45, 7) is 3.89. The first-order valence-electron chi connectivity index (χ1n) is 9.02. The predicted octanol–water partition coefficient (Wildman–Crippen LogP) is -1.17. The fraction of sp³-hybridized carbons (Fsp3) is 0.450. The monoisotopic (exact) mass is 454 g/mol. The Hall–Kier alpha value is -1.50. The average molecular weight is 456 g/mol. The maximum atomic E-state index is 12.2. The number of hydrogen-bond acceptors (Lipinski definition) is 3. The number of halogens is 2. The minimum atomic E-state index is 0. The lowest BCUT2D eigenvalue weighted by molar-refractivity contribution is -0.924. The Bertz CT molecular complexity index is 886. The molecule has 27 heavy (non-hydrogen) atoms. The second-order valence-electron chi connectivity index (χ2n) is 7.33. The van der Waals surface area contributed by atoms with Crippen LogP contribution in [0.25, 0.3) is 0 Å². The molecular weight excluding hydrogens is 432 g/mol. The van der Waals surface area contributed by atoms with Gasteiger partial charge in [-0.15, -0.1) is 0 Å². The summed E-state index contributed by atoms with van der Waals surface area (Å²) >= 11 is 3.59. The van der Waals surface area contributed by atoms with Crippen molar-refractivity contribution < 1.29 is 26.8 Å². The van der Waals surface area contributed by atoms with Gasteiger partial charge >= 0.3 is 0 Å². The number of ether oxygens (including phenoxy) is 2. The topological polar surface area (TPSA) is 44.9 Å². The second kappa shape index (κ2) is 8.25. The van der Waals surface area contributed by atoms with Crippen LogP contribution in [0.5, 0.6) is 11.5 Å². The number of hydrogen-bond donors (Lipinski definition) is 1. The Morgan fingerprint density at radius 3 is 2.70 bits per heavy atom. The Kier molecular flexibility index (Phi) is 6.18. The molecule has 0 aliphatic carbocycles. The van der Waals surface area contributed by atoms with Crippen LogP contribution in [-0.4, -0.2) is 31.9 Å². The van der Waals surface area contributed by atoms with Gasteiger partial charge in [-0.25, -0.2) is 0 Å². The maximum Gasteiger partial charge on any atom is 0.250 e. The standard InChI is InChI=1S/C20H23BrN2O3.ClH/c1-25-18-8-19(26-2)16(21)7-15(18)12-22-9-13-6-14(11-22)17-4-3-5-20(24)23(17)10-13;/h3-5,7-8,13-14H,6,9-12H2,1-2H3;1H. The molecule has 4 rings (SSSR count). The number of rotatable bonds is 4. The van der Waals surface area contributed by atoms with Crippen LogP contribution in [0.15, 0.2) is 39.6 Å². The van der Waals surface area contributed by atoms with Gasteiger partial charge in [-0.2, -0.15) is 0 Å². The number of piperidine rings is 1. The number of aromatic nitrogens is 1. The molecule has 1 aromatic carbocycles. The van der Waals surface area contributed by atoms with Crippen LogP contribution < -0.4 is 32.3 Å². The van der Waals surface area contributed by atoms with Crippen molar-refractivity contribution in [2.75, 3.05) is 27.3 Å². The molecule has 2 aliphatic rings. The molecule has 1 N–H and O–H groups in total. The lowest BCUT2D eigenvalue weighted by Gasteiger charge is -2.40. The molecule has 0 radical (unpaired) electrons. The minimum absolute atomic E-state index is 0. The van der Waals surface area contributed by atoms with Gasteiger partial charge in [0.25, 0.3) is 5.56 Å². The van der Waals surface area contributed by atoms with Gasteiger partial charge in [0.15, 0.2) is 0 Å². The highest BCUT2D eigenvalue weighted by Crippen LogP contribution is 2.33. The molecule has 3 heterocycles. The van der Waals surface area contributed by atoms with Crippen molar-refractivity contribution in [3.8, 4) is 11.5 Å². The minimum Gasteiger partial charge on any atom is -1.00 e. The Morgan fingerprint density at radius 1 is 1.19 bits per heavy atom. The summed E-state index contributed by atoms with van der Waals surface area (Å²) in [5, 5.41) is 0. The highest BCUT2D eigenvalue weighted by Gasteiger charge is 2.37. The highest BCUT2D eigenvalue weighted by molar-refractivity contribution is 9.10. The zero-order valence-corrected chi connectivity index (χ0v) is 17.8. The smallest absolute Gasteiger partial charge is 0.250 e. The van der Waals surface area contributed by atoms with E-state index in [1.54, 1.807) is 25.2 Å². The van der Waals surface area contributed by atoms with Crippen molar-refractivity contribution in [3.05, 3.63) is 56.4 Å². The van der Waals surface area contributed by atoms with E-state index in [0.717, 1.165) is 42.2 Å². The molecule has 0 spiro atoms. The van der Waals surface area contributed by atoms with Crippen LogP contribution in [0.4, 0.5) is 0 Å². The quantitative estimate of drug-likeness (QED) is 0.632. The number of fused-ring (bicyclic) bond motifs is 4. The molecule has 0 saturated carbocycles. The van der Waals surface area contributed by atoms with Crippen LogP contribution in [0.3, 0.4) is 0 Å². The van der Waals surface area contributed by atoms with Gasteiger partial charge in [-0.1, -0.05) is 6.07 Å². The largest absolute Gasteiger partial charge is 1.00 e. The normalized spacial score (nSPS) is 23.1. The fourth-order valence-electron chi connectivity index (χ4n) is 4.59. The van der Waals surface area contributed by atoms with Crippen LogP contribution >= 0.6 is 15.9 Å². The third-order valence-corrected chi connectivity index (χ3v) is 6.29. The number of likely N-dealkylation sites (tertiary alicyclic amines) is 1. The van der Waals surface area contributed by atoms with Crippen molar-refractivity contribution in [1.29, 1.82) is 0 Å². The van der Waals surface area contributed by atoms with E-state index in [-0.39, 0.29) is 18.0 Å². The molecule has 2 bridgehead atoms. The molecule has 1 aromatic heterocycles. The van der Waals surface area contributed by atoms with E-state index in [1.165, 1.54) is 17.7 Å². The first-order valence-corrected chi connectivity index (χ1v) is 9.82. The second-order valence-corrected chi connectivity index (χ2v) is 8.19. The van der Waals surface area contributed by atoms with Gasteiger partial charge in [0, 0.05) is 41.8 Å². The molecule has 7 heteroatoms. The molecule has 146 valence electrons. The Balaban J connectivity index is 0.00000210. The molecule has 1 fully saturated rings. The summed E-state index contributed by atoms with van der Waals surface area (Å²) in [5.74, 6) is 2.66. The zero-order valence-electron chi connectivity index (χ0n) is 15.5. The van der Waals surface area contributed by atoms with Crippen molar-refractivity contribution in [3.63, 3.8) is 0 Å². The van der Waals surface area contributed by atoms with E-state index in [2.05, 4.69) is 28.1 Å². The van der Waals surface area contributed by atoms with Crippen LogP contribution in [0, 0.1) is 5.92 Å². The Morgan fingerprint density at radius 2 is 1.96 bits per heavy atom. The van der Waals surface area contributed by atoms with Crippen LogP contribution in [0.2, 0.25) is 0 Å². The number of methoxy groups -OCH3 is 2. The number of quaternary nitrogens is 1. The maximum absolute atomic E-state index is 12.2. The summed E-state index contributed by atoms with van der Waals surface area (Å²) < 4.78 is 13.9. The van der Waals surface area contributed by atoms with Crippen molar-refractivity contribution >= 4 is 15.9 Å². The molecule has 5 nitrogen and oxygen atoms in total. The molecule has 1 saturated heterocycles. The van der Waals surface area contributed by atoms with Crippen molar-refractivity contribution in [2.45, 2.75) is 25.4 Å². The summed E-state index contributed by atoms with van der Waals surface area (Å²) in [5.41, 5.74) is 2.52. The SMILES string of the molecule is COc1cc(OC)c(C[NH+]2CC3CC(C2)c2cccc(=O)n2C3)cc1Br.[Cl-]. The average Bonchev–Trinajstić information content (AvgIpc) is 2.63. The van der Waals surface area contributed by atoms with Crippen molar-refractivity contribution in [1.82, 2.24) is 4.57 Å². The summed E-state index contributed by atoms with van der Waals surface area (Å²) in [6, 6.07) is 9.74. The zero-order chi connectivity index (χ0) is 18.3. The van der Waals surface area contributed by atoms with Gasteiger partial charge in [0.1, 0.15) is 18.0 Å². The van der Waals surface area contributed by atoms with E-state index in [4.69, 9.17) is 9.47 Å². The lowest BCUT2D eigenvalue weighted by Crippen LogP contribution is -3.13. The molecular formula is C20H24BrClN2O3. The Labute approximate surface area is 173 Å².